The summed E-state index contributed by atoms with van der Waals surface area (Å²) in [5.41, 5.74) is 0.583. The Morgan fingerprint density at radius 2 is 1.90 bits per heavy atom. The Labute approximate surface area is 171 Å². The van der Waals surface area contributed by atoms with E-state index in [0.29, 0.717) is 29.5 Å². The molecule has 0 amide bonds. The van der Waals surface area contributed by atoms with Crippen molar-refractivity contribution in [3.8, 4) is 0 Å². The summed E-state index contributed by atoms with van der Waals surface area (Å²) < 4.78 is 10.7. The van der Waals surface area contributed by atoms with Gasteiger partial charge in [-0.2, -0.15) is 0 Å². The molecule has 0 aromatic carbocycles. The number of hydrogen-bond acceptors (Lipinski definition) is 4. The van der Waals surface area contributed by atoms with Gasteiger partial charge in [-0.05, 0) is 50.9 Å². The van der Waals surface area contributed by atoms with Gasteiger partial charge >= 0.3 is 5.69 Å². The van der Waals surface area contributed by atoms with E-state index in [-0.39, 0.29) is 23.5 Å². The predicted molar refractivity (Wildman–Crippen MR) is 113 cm³/mol. The van der Waals surface area contributed by atoms with Gasteiger partial charge in [0.05, 0.1) is 18.5 Å². The maximum atomic E-state index is 13.3. The highest BCUT2D eigenvalue weighted by Gasteiger charge is 2.27. The Hall–Kier alpha value is -1.89. The van der Waals surface area contributed by atoms with Gasteiger partial charge in [-0.3, -0.25) is 13.9 Å². The lowest BCUT2D eigenvalue weighted by Crippen LogP contribution is -2.40. The fourth-order valence-electron chi connectivity index (χ4n) is 5.22. The molecule has 1 aliphatic carbocycles. The molecule has 4 rings (SSSR count). The van der Waals surface area contributed by atoms with Crippen LogP contribution in [-0.2, 0) is 24.9 Å². The van der Waals surface area contributed by atoms with Crippen molar-refractivity contribution in [2.24, 2.45) is 24.8 Å². The fourth-order valence-corrected chi connectivity index (χ4v) is 5.22. The standard InChI is InChI=1S/C22H34N4O3/c1-14(18-6-5-7-18)12-25-13-23-20-19(25)21(27)26(22(28)24(20)4)9-8-17-10-15(2)29-16(3)11-17/h13-18H,5-12H2,1-4H3/t14?,15-,16-/m1/s1. The minimum Gasteiger partial charge on any atom is -0.376 e. The van der Waals surface area contributed by atoms with Crippen LogP contribution in [0.2, 0.25) is 0 Å². The van der Waals surface area contributed by atoms with Crippen molar-refractivity contribution in [1.29, 1.82) is 0 Å². The van der Waals surface area contributed by atoms with Gasteiger partial charge in [-0.25, -0.2) is 9.78 Å². The summed E-state index contributed by atoms with van der Waals surface area (Å²) >= 11 is 0. The number of ether oxygens (including phenoxy) is 1. The average molecular weight is 403 g/mol. The van der Waals surface area contributed by atoms with Gasteiger partial charge in [0.25, 0.3) is 5.56 Å². The normalized spacial score (nSPS) is 26.6. The first-order valence-corrected chi connectivity index (χ1v) is 11.1. The lowest BCUT2D eigenvalue weighted by atomic mass is 9.77. The first kappa shape index (κ1) is 20.4. The van der Waals surface area contributed by atoms with E-state index in [1.807, 2.05) is 4.57 Å². The van der Waals surface area contributed by atoms with E-state index in [2.05, 4.69) is 25.8 Å². The Bertz CT molecular complexity index is 974. The molecule has 0 spiro atoms. The predicted octanol–water partition coefficient (Wildman–Crippen LogP) is 2.93. The van der Waals surface area contributed by atoms with E-state index in [4.69, 9.17) is 4.74 Å². The second-order valence-electron chi connectivity index (χ2n) is 9.42. The summed E-state index contributed by atoms with van der Waals surface area (Å²) in [6.07, 6.45) is 8.86. The Morgan fingerprint density at radius 3 is 2.52 bits per heavy atom. The number of aromatic nitrogens is 4. The van der Waals surface area contributed by atoms with E-state index in [9.17, 15) is 9.59 Å². The Kier molecular flexibility index (Phi) is 5.69. The zero-order chi connectivity index (χ0) is 20.7. The van der Waals surface area contributed by atoms with Crippen LogP contribution in [-0.4, -0.2) is 30.9 Å². The van der Waals surface area contributed by atoms with Crippen LogP contribution in [0.1, 0.15) is 59.3 Å². The minimum atomic E-state index is -0.270. The average Bonchev–Trinajstić information content (AvgIpc) is 3.01. The summed E-state index contributed by atoms with van der Waals surface area (Å²) in [6.45, 7) is 7.69. The molecule has 2 fully saturated rings. The molecular formula is C22H34N4O3. The van der Waals surface area contributed by atoms with Gasteiger partial charge in [-0.15, -0.1) is 0 Å². The van der Waals surface area contributed by atoms with Crippen LogP contribution in [0, 0.1) is 17.8 Å². The van der Waals surface area contributed by atoms with Crippen molar-refractivity contribution < 1.29 is 4.74 Å². The number of nitrogens with zero attached hydrogens (tertiary/aromatic N) is 4. The van der Waals surface area contributed by atoms with Crippen molar-refractivity contribution in [2.75, 3.05) is 0 Å². The highest BCUT2D eigenvalue weighted by molar-refractivity contribution is 5.69. The molecule has 1 aliphatic heterocycles. The van der Waals surface area contributed by atoms with Crippen molar-refractivity contribution in [2.45, 2.75) is 84.6 Å². The van der Waals surface area contributed by atoms with Crippen molar-refractivity contribution in [3.05, 3.63) is 27.2 Å². The molecule has 160 valence electrons. The van der Waals surface area contributed by atoms with Gasteiger partial charge in [-0.1, -0.05) is 26.2 Å². The fraction of sp³-hybridized carbons (Fsp3) is 0.773. The lowest BCUT2D eigenvalue weighted by Gasteiger charge is -2.32. The minimum absolute atomic E-state index is 0.199. The molecule has 3 atom stereocenters. The molecule has 1 saturated heterocycles. The van der Waals surface area contributed by atoms with Crippen LogP contribution >= 0.6 is 0 Å². The number of rotatable bonds is 6. The second kappa shape index (κ2) is 8.09. The van der Waals surface area contributed by atoms with Crippen LogP contribution in [0.3, 0.4) is 0 Å². The molecule has 2 aromatic rings. The molecular weight excluding hydrogens is 368 g/mol. The topological polar surface area (TPSA) is 71.1 Å². The van der Waals surface area contributed by atoms with Crippen molar-refractivity contribution in [1.82, 2.24) is 18.7 Å². The third kappa shape index (κ3) is 3.93. The molecule has 0 radical (unpaired) electrons. The zero-order valence-electron chi connectivity index (χ0n) is 18.1. The van der Waals surface area contributed by atoms with Gasteiger partial charge in [0.2, 0.25) is 0 Å². The van der Waals surface area contributed by atoms with Gasteiger partial charge in [0.15, 0.2) is 11.2 Å². The third-order valence-corrected chi connectivity index (χ3v) is 7.10. The first-order chi connectivity index (χ1) is 13.8. The molecule has 7 nitrogen and oxygen atoms in total. The molecule has 2 aromatic heterocycles. The van der Waals surface area contributed by atoms with E-state index in [0.717, 1.165) is 31.7 Å². The van der Waals surface area contributed by atoms with Crippen LogP contribution in [0.5, 0.6) is 0 Å². The summed E-state index contributed by atoms with van der Waals surface area (Å²) in [7, 11) is 1.71. The summed E-state index contributed by atoms with van der Waals surface area (Å²) in [4.78, 5) is 30.5. The summed E-state index contributed by atoms with van der Waals surface area (Å²) in [5.74, 6) is 1.72. The molecule has 2 aliphatic rings. The van der Waals surface area contributed by atoms with Crippen molar-refractivity contribution >= 4 is 11.2 Å². The third-order valence-electron chi connectivity index (χ3n) is 7.10. The second-order valence-corrected chi connectivity index (χ2v) is 9.42. The van der Waals surface area contributed by atoms with E-state index in [1.54, 1.807) is 13.4 Å². The zero-order valence-corrected chi connectivity index (χ0v) is 18.1. The molecule has 0 bridgehead atoms. The lowest BCUT2D eigenvalue weighted by molar-refractivity contribution is -0.0540. The van der Waals surface area contributed by atoms with Crippen LogP contribution in [0.4, 0.5) is 0 Å². The first-order valence-electron chi connectivity index (χ1n) is 11.1. The van der Waals surface area contributed by atoms with E-state index < -0.39 is 0 Å². The van der Waals surface area contributed by atoms with Crippen LogP contribution in [0.15, 0.2) is 15.9 Å². The number of hydrogen-bond donors (Lipinski definition) is 0. The molecule has 1 unspecified atom stereocenters. The number of aryl methyl sites for hydroxylation is 1. The molecule has 3 heterocycles. The highest BCUT2D eigenvalue weighted by Crippen LogP contribution is 2.34. The monoisotopic (exact) mass is 402 g/mol. The summed E-state index contributed by atoms with van der Waals surface area (Å²) in [5, 5.41) is 0. The Balaban J connectivity index is 1.61. The largest absolute Gasteiger partial charge is 0.376 e. The smallest absolute Gasteiger partial charge is 0.332 e. The van der Waals surface area contributed by atoms with Gasteiger partial charge in [0, 0.05) is 20.1 Å². The molecule has 29 heavy (non-hydrogen) atoms. The van der Waals surface area contributed by atoms with E-state index >= 15 is 0 Å². The summed E-state index contributed by atoms with van der Waals surface area (Å²) in [6, 6.07) is 0. The van der Waals surface area contributed by atoms with Crippen LogP contribution in [0.25, 0.3) is 11.2 Å². The molecule has 0 N–H and O–H groups in total. The SMILES string of the molecule is CC(Cn1cnc2c1c(=O)n(CCC1C[C@@H](C)O[C@H](C)C1)c(=O)n2C)C1CCC1. The maximum Gasteiger partial charge on any atom is 0.332 e. The van der Waals surface area contributed by atoms with E-state index in [1.165, 1.54) is 28.4 Å². The Morgan fingerprint density at radius 1 is 1.21 bits per heavy atom. The van der Waals surface area contributed by atoms with Crippen LogP contribution < -0.4 is 11.2 Å². The van der Waals surface area contributed by atoms with Crippen molar-refractivity contribution in [3.63, 3.8) is 0 Å². The van der Waals surface area contributed by atoms with Gasteiger partial charge < -0.3 is 9.30 Å². The molecule has 7 heteroatoms. The maximum absolute atomic E-state index is 13.3. The number of imidazole rings is 1. The quantitative estimate of drug-likeness (QED) is 0.745. The molecule has 1 saturated carbocycles. The highest BCUT2D eigenvalue weighted by atomic mass is 16.5. The van der Waals surface area contributed by atoms with Gasteiger partial charge in [0.1, 0.15) is 0 Å². The number of fused-ring (bicyclic) bond motifs is 1.